The van der Waals surface area contributed by atoms with E-state index in [-0.39, 0.29) is 17.8 Å². The first-order valence-corrected chi connectivity index (χ1v) is 12.0. The number of nitrogens with zero attached hydrogens (tertiary/aromatic N) is 2. The van der Waals surface area contributed by atoms with Crippen molar-refractivity contribution in [2.24, 2.45) is 5.92 Å². The molecule has 1 atom stereocenters. The first-order valence-electron chi connectivity index (χ1n) is 10.4. The Bertz CT molecular complexity index is 1110. The average molecular weight is 505 g/mol. The summed E-state index contributed by atoms with van der Waals surface area (Å²) in [5, 5.41) is 0. The molecule has 1 fully saturated rings. The summed E-state index contributed by atoms with van der Waals surface area (Å²) in [4.78, 5) is 27.6. The van der Waals surface area contributed by atoms with Crippen molar-refractivity contribution in [2.75, 3.05) is 26.8 Å². The summed E-state index contributed by atoms with van der Waals surface area (Å²) in [5.74, 6) is 0.265. The molecule has 1 amide bonds. The topological polar surface area (TPSA) is 60.8 Å². The Morgan fingerprint density at radius 2 is 2.06 bits per heavy atom. The average Bonchev–Trinajstić information content (AvgIpc) is 3.30. The first-order chi connectivity index (χ1) is 15.0. The molecular formula is C23H25BrN2O4S. The molecule has 0 saturated carbocycles. The van der Waals surface area contributed by atoms with Gasteiger partial charge in [0, 0.05) is 18.7 Å². The van der Waals surface area contributed by atoms with Crippen molar-refractivity contribution >= 4 is 49.4 Å². The minimum absolute atomic E-state index is 0.0524. The van der Waals surface area contributed by atoms with Gasteiger partial charge in [-0.15, -0.1) is 11.3 Å². The number of halogens is 1. The van der Waals surface area contributed by atoms with Gasteiger partial charge in [-0.1, -0.05) is 18.2 Å². The number of aromatic nitrogens is 1. The molecule has 0 N–H and O–H groups in total. The molecule has 1 saturated heterocycles. The number of fused-ring (bicyclic) bond motifs is 1. The molecule has 0 spiro atoms. The van der Waals surface area contributed by atoms with Crippen LogP contribution in [0.3, 0.4) is 0 Å². The van der Waals surface area contributed by atoms with Crippen molar-refractivity contribution in [3.8, 4) is 5.75 Å². The zero-order valence-electron chi connectivity index (χ0n) is 17.6. The van der Waals surface area contributed by atoms with Gasteiger partial charge in [-0.3, -0.25) is 9.59 Å². The monoisotopic (exact) mass is 504 g/mol. The van der Waals surface area contributed by atoms with Crippen LogP contribution >= 0.6 is 27.3 Å². The van der Waals surface area contributed by atoms with Gasteiger partial charge in [0.15, 0.2) is 0 Å². The first kappa shape index (κ1) is 21.9. The van der Waals surface area contributed by atoms with E-state index in [4.69, 9.17) is 9.47 Å². The maximum absolute atomic E-state index is 13.6. The highest BCUT2D eigenvalue weighted by atomic mass is 79.9. The fraction of sp³-hybridized carbons (Fsp3) is 0.391. The molecule has 1 aliphatic rings. The van der Waals surface area contributed by atoms with Crippen LogP contribution in [0.5, 0.6) is 5.75 Å². The van der Waals surface area contributed by atoms with Gasteiger partial charge in [-0.05, 0) is 53.9 Å². The quantitative estimate of drug-likeness (QED) is 0.446. The van der Waals surface area contributed by atoms with Crippen LogP contribution in [0, 0.1) is 5.92 Å². The van der Waals surface area contributed by atoms with Gasteiger partial charge in [0.25, 0.3) is 5.91 Å². The number of hydrogen-bond acceptors (Lipinski definition) is 5. The van der Waals surface area contributed by atoms with Gasteiger partial charge in [0.2, 0.25) is 0 Å². The Kier molecular flexibility index (Phi) is 6.67. The fourth-order valence-electron chi connectivity index (χ4n) is 4.14. The molecule has 4 rings (SSSR count). The van der Waals surface area contributed by atoms with Crippen molar-refractivity contribution in [3.05, 3.63) is 51.4 Å². The van der Waals surface area contributed by atoms with Crippen molar-refractivity contribution in [1.82, 2.24) is 9.47 Å². The van der Waals surface area contributed by atoms with E-state index >= 15 is 0 Å². The molecule has 1 aromatic carbocycles. The Morgan fingerprint density at radius 1 is 1.26 bits per heavy atom. The van der Waals surface area contributed by atoms with Crippen molar-refractivity contribution in [2.45, 2.75) is 26.3 Å². The van der Waals surface area contributed by atoms with Crippen molar-refractivity contribution in [1.29, 1.82) is 0 Å². The SMILES string of the molecule is CCOC(=O)C1CCCN(C(=O)c2cc3sc(Br)cc3n2Cc2ccccc2OC)C1. The Balaban J connectivity index is 1.67. The molecule has 0 aliphatic carbocycles. The highest BCUT2D eigenvalue weighted by Crippen LogP contribution is 2.34. The molecule has 164 valence electrons. The normalized spacial score (nSPS) is 16.5. The lowest BCUT2D eigenvalue weighted by Gasteiger charge is -2.31. The number of likely N-dealkylation sites (tertiary alicyclic amines) is 1. The molecule has 3 heterocycles. The minimum Gasteiger partial charge on any atom is -0.496 e. The summed E-state index contributed by atoms with van der Waals surface area (Å²) >= 11 is 5.17. The van der Waals surface area contributed by atoms with Crippen molar-refractivity contribution < 1.29 is 19.1 Å². The van der Waals surface area contributed by atoms with Gasteiger partial charge >= 0.3 is 5.97 Å². The van der Waals surface area contributed by atoms with Crippen LogP contribution in [0.4, 0.5) is 0 Å². The van der Waals surface area contributed by atoms with E-state index in [0.29, 0.717) is 31.9 Å². The smallest absolute Gasteiger partial charge is 0.310 e. The summed E-state index contributed by atoms with van der Waals surface area (Å²) in [7, 11) is 1.65. The van der Waals surface area contributed by atoms with E-state index in [0.717, 1.165) is 38.2 Å². The predicted octanol–water partition coefficient (Wildman–Crippen LogP) is 4.94. The van der Waals surface area contributed by atoms with Crippen molar-refractivity contribution in [3.63, 3.8) is 0 Å². The van der Waals surface area contributed by atoms with E-state index in [9.17, 15) is 9.59 Å². The van der Waals surface area contributed by atoms with E-state index in [1.165, 1.54) is 0 Å². The van der Waals surface area contributed by atoms with Crippen LogP contribution in [0.2, 0.25) is 0 Å². The number of ether oxygens (including phenoxy) is 2. The van der Waals surface area contributed by atoms with Gasteiger partial charge < -0.3 is 18.9 Å². The number of carbonyl (C=O) groups is 2. The molecule has 2 aromatic heterocycles. The standard InChI is InChI=1S/C23H25BrN2O4S/c1-3-30-23(28)16-8-6-10-25(13-16)22(27)18-11-20-17(12-21(24)31-20)26(18)14-15-7-4-5-9-19(15)29-2/h4-5,7,9,11-12,16H,3,6,8,10,13-14H2,1-2H3. The Morgan fingerprint density at radius 3 is 2.84 bits per heavy atom. The van der Waals surface area contributed by atoms with E-state index in [2.05, 4.69) is 15.9 Å². The summed E-state index contributed by atoms with van der Waals surface area (Å²) in [5.41, 5.74) is 2.64. The maximum Gasteiger partial charge on any atom is 0.310 e. The Labute approximate surface area is 193 Å². The number of piperidine rings is 1. The molecule has 31 heavy (non-hydrogen) atoms. The highest BCUT2D eigenvalue weighted by molar-refractivity contribution is 9.11. The molecule has 3 aromatic rings. The van der Waals surface area contributed by atoms with Gasteiger partial charge in [-0.25, -0.2) is 0 Å². The summed E-state index contributed by atoms with van der Waals surface area (Å²) in [6.07, 6.45) is 1.55. The van der Waals surface area contributed by atoms with Crippen LogP contribution in [0.1, 0.15) is 35.8 Å². The molecule has 8 heteroatoms. The number of benzene rings is 1. The third-order valence-electron chi connectivity index (χ3n) is 5.63. The molecule has 1 unspecified atom stereocenters. The number of carbonyl (C=O) groups excluding carboxylic acids is 2. The van der Waals surface area contributed by atoms with Gasteiger partial charge in [0.05, 0.1) is 40.2 Å². The molecule has 0 bridgehead atoms. The second-order valence-corrected chi connectivity index (χ2v) is 10.0. The number of amides is 1. The molecule has 1 aliphatic heterocycles. The minimum atomic E-state index is -0.259. The zero-order chi connectivity index (χ0) is 22.0. The van der Waals surface area contributed by atoms with E-state index in [1.54, 1.807) is 30.3 Å². The highest BCUT2D eigenvalue weighted by Gasteiger charge is 2.31. The van der Waals surface area contributed by atoms with Crippen LogP contribution in [-0.4, -0.2) is 48.1 Å². The second-order valence-electron chi connectivity index (χ2n) is 7.57. The lowest BCUT2D eigenvalue weighted by Crippen LogP contribution is -2.43. The lowest BCUT2D eigenvalue weighted by molar-refractivity contribution is -0.149. The predicted molar refractivity (Wildman–Crippen MR) is 125 cm³/mol. The van der Waals surface area contributed by atoms with Gasteiger partial charge in [-0.2, -0.15) is 0 Å². The maximum atomic E-state index is 13.6. The molecule has 6 nitrogen and oxygen atoms in total. The van der Waals surface area contributed by atoms with Crippen LogP contribution < -0.4 is 4.74 Å². The fourth-order valence-corrected chi connectivity index (χ4v) is 5.70. The largest absolute Gasteiger partial charge is 0.496 e. The number of thiophene rings is 1. The Hall–Kier alpha value is -2.32. The molecular weight excluding hydrogens is 480 g/mol. The van der Waals surface area contributed by atoms with E-state index < -0.39 is 0 Å². The second kappa shape index (κ2) is 9.44. The number of para-hydroxylation sites is 1. The number of hydrogen-bond donors (Lipinski definition) is 0. The van der Waals surface area contributed by atoms with Crippen LogP contribution in [-0.2, 0) is 16.1 Å². The zero-order valence-corrected chi connectivity index (χ0v) is 20.0. The number of esters is 1. The summed E-state index contributed by atoms with van der Waals surface area (Å²) < 4.78 is 14.8. The number of rotatable bonds is 6. The third kappa shape index (κ3) is 4.50. The lowest BCUT2D eigenvalue weighted by atomic mass is 9.98. The number of methoxy groups -OCH3 is 1. The summed E-state index contributed by atoms with van der Waals surface area (Å²) in [6, 6.07) is 11.8. The van der Waals surface area contributed by atoms with E-state index in [1.807, 2.05) is 41.0 Å². The van der Waals surface area contributed by atoms with Crippen LogP contribution in [0.15, 0.2) is 40.2 Å². The van der Waals surface area contributed by atoms with Crippen LogP contribution in [0.25, 0.3) is 10.2 Å². The van der Waals surface area contributed by atoms with Gasteiger partial charge in [0.1, 0.15) is 11.4 Å². The third-order valence-corrected chi connectivity index (χ3v) is 7.20. The summed E-state index contributed by atoms with van der Waals surface area (Å²) in [6.45, 7) is 3.73. The molecule has 0 radical (unpaired) electrons.